The van der Waals surface area contributed by atoms with E-state index in [1.165, 1.54) is 0 Å². The van der Waals surface area contributed by atoms with Crippen molar-refractivity contribution in [3.8, 4) is 5.75 Å². The molecule has 6 heteroatoms. The standard InChI is InChI=1S/C24H23N3O3/c1-16-12-22(16)24(29)27-18-8-4-6-17(13-18)23(28)26-19-9-5-10-21(14-19)30-15-20-7-2-3-11-25-20/h2-11,13-14,16,22H,12,15H2,1H3,(H,26,28)(H,27,29). The van der Waals surface area contributed by atoms with E-state index in [2.05, 4.69) is 22.5 Å². The molecule has 2 amide bonds. The van der Waals surface area contributed by atoms with Gasteiger partial charge in [-0.25, -0.2) is 0 Å². The minimum absolute atomic E-state index is 0.0119. The van der Waals surface area contributed by atoms with Gasteiger partial charge in [0.1, 0.15) is 12.4 Å². The molecule has 30 heavy (non-hydrogen) atoms. The number of nitrogens with zero attached hydrogens (tertiary/aromatic N) is 1. The van der Waals surface area contributed by atoms with E-state index in [0.717, 1.165) is 12.1 Å². The van der Waals surface area contributed by atoms with Gasteiger partial charge in [0.2, 0.25) is 5.91 Å². The van der Waals surface area contributed by atoms with Crippen LogP contribution in [-0.2, 0) is 11.4 Å². The Balaban J connectivity index is 1.37. The molecule has 1 saturated carbocycles. The molecule has 2 atom stereocenters. The number of hydrogen-bond acceptors (Lipinski definition) is 4. The van der Waals surface area contributed by atoms with Crippen LogP contribution in [0.5, 0.6) is 5.75 Å². The Bertz CT molecular complexity index is 1050. The molecule has 0 spiro atoms. The first kappa shape index (κ1) is 19.6. The molecule has 2 unspecified atom stereocenters. The Morgan fingerprint density at radius 2 is 1.77 bits per heavy atom. The van der Waals surface area contributed by atoms with Crippen LogP contribution in [0.4, 0.5) is 11.4 Å². The summed E-state index contributed by atoms with van der Waals surface area (Å²) >= 11 is 0. The average Bonchev–Trinajstić information content (AvgIpc) is 3.50. The monoisotopic (exact) mass is 401 g/mol. The highest BCUT2D eigenvalue weighted by atomic mass is 16.5. The van der Waals surface area contributed by atoms with Crippen LogP contribution in [0.15, 0.2) is 72.9 Å². The van der Waals surface area contributed by atoms with Crippen molar-refractivity contribution in [2.45, 2.75) is 20.0 Å². The lowest BCUT2D eigenvalue weighted by molar-refractivity contribution is -0.117. The molecule has 1 aliphatic carbocycles. The summed E-state index contributed by atoms with van der Waals surface area (Å²) in [7, 11) is 0. The van der Waals surface area contributed by atoms with Gasteiger partial charge >= 0.3 is 0 Å². The smallest absolute Gasteiger partial charge is 0.255 e. The number of ether oxygens (including phenoxy) is 1. The van der Waals surface area contributed by atoms with Crippen molar-refractivity contribution in [1.29, 1.82) is 0 Å². The molecule has 3 aromatic rings. The Hall–Kier alpha value is -3.67. The second-order valence-corrected chi connectivity index (χ2v) is 7.48. The van der Waals surface area contributed by atoms with Crippen molar-refractivity contribution < 1.29 is 14.3 Å². The fourth-order valence-electron chi connectivity index (χ4n) is 3.17. The van der Waals surface area contributed by atoms with Crippen molar-refractivity contribution in [3.63, 3.8) is 0 Å². The van der Waals surface area contributed by atoms with E-state index in [-0.39, 0.29) is 17.7 Å². The number of aromatic nitrogens is 1. The number of hydrogen-bond donors (Lipinski definition) is 2. The lowest BCUT2D eigenvalue weighted by atomic mass is 10.1. The Morgan fingerprint density at radius 3 is 2.50 bits per heavy atom. The number of pyridine rings is 1. The molecule has 2 N–H and O–H groups in total. The van der Waals surface area contributed by atoms with E-state index in [4.69, 9.17) is 4.74 Å². The van der Waals surface area contributed by atoms with Crippen LogP contribution in [0.25, 0.3) is 0 Å². The SMILES string of the molecule is CC1CC1C(=O)Nc1cccc(C(=O)Nc2cccc(OCc3ccccn3)c2)c1. The van der Waals surface area contributed by atoms with Crippen molar-refractivity contribution in [3.05, 3.63) is 84.2 Å². The summed E-state index contributed by atoms with van der Waals surface area (Å²) in [5.41, 5.74) is 2.54. The molecule has 2 aromatic carbocycles. The van der Waals surface area contributed by atoms with E-state index < -0.39 is 0 Å². The molecule has 0 bridgehead atoms. The molecule has 4 rings (SSSR count). The average molecular weight is 401 g/mol. The van der Waals surface area contributed by atoms with Crippen molar-refractivity contribution in [1.82, 2.24) is 4.98 Å². The highest BCUT2D eigenvalue weighted by Gasteiger charge is 2.39. The number of anilines is 2. The fraction of sp³-hybridized carbons (Fsp3) is 0.208. The van der Waals surface area contributed by atoms with Gasteiger partial charge in [-0.05, 0) is 54.8 Å². The third-order valence-corrected chi connectivity index (χ3v) is 5.04. The van der Waals surface area contributed by atoms with Gasteiger partial charge in [0.25, 0.3) is 5.91 Å². The number of rotatable bonds is 7. The number of carbonyl (C=O) groups is 2. The largest absolute Gasteiger partial charge is 0.487 e. The lowest BCUT2D eigenvalue weighted by Crippen LogP contribution is -2.16. The first-order chi connectivity index (χ1) is 14.6. The van der Waals surface area contributed by atoms with Gasteiger partial charge in [0.05, 0.1) is 5.69 Å². The third kappa shape index (κ3) is 5.03. The van der Waals surface area contributed by atoms with Gasteiger partial charge in [0.15, 0.2) is 0 Å². The number of carbonyl (C=O) groups excluding carboxylic acids is 2. The summed E-state index contributed by atoms with van der Waals surface area (Å²) < 4.78 is 5.76. The molecule has 0 aliphatic heterocycles. The van der Waals surface area contributed by atoms with Crippen LogP contribution < -0.4 is 15.4 Å². The van der Waals surface area contributed by atoms with E-state index in [1.54, 1.807) is 42.6 Å². The minimum atomic E-state index is -0.257. The maximum absolute atomic E-state index is 12.7. The van der Waals surface area contributed by atoms with E-state index in [9.17, 15) is 9.59 Å². The zero-order chi connectivity index (χ0) is 20.9. The second kappa shape index (κ2) is 8.78. The molecule has 152 valence electrons. The predicted molar refractivity (Wildman–Crippen MR) is 115 cm³/mol. The van der Waals surface area contributed by atoms with E-state index in [0.29, 0.717) is 35.2 Å². The number of amides is 2. The molecular weight excluding hydrogens is 378 g/mol. The van der Waals surface area contributed by atoms with Crippen LogP contribution >= 0.6 is 0 Å². The summed E-state index contributed by atoms with van der Waals surface area (Å²) in [4.78, 5) is 29.0. The minimum Gasteiger partial charge on any atom is -0.487 e. The van der Waals surface area contributed by atoms with Gasteiger partial charge in [-0.2, -0.15) is 0 Å². The van der Waals surface area contributed by atoms with E-state index in [1.807, 2.05) is 30.3 Å². The predicted octanol–water partition coefficient (Wildman–Crippen LogP) is 4.51. The Labute approximate surface area is 175 Å². The van der Waals surface area contributed by atoms with Crippen LogP contribution in [0.1, 0.15) is 29.4 Å². The first-order valence-corrected chi connectivity index (χ1v) is 9.93. The zero-order valence-corrected chi connectivity index (χ0v) is 16.7. The van der Waals surface area contributed by atoms with Gasteiger partial charge in [0, 0.05) is 35.1 Å². The van der Waals surface area contributed by atoms with Crippen molar-refractivity contribution in [2.75, 3.05) is 10.6 Å². The molecular formula is C24H23N3O3. The van der Waals surface area contributed by atoms with Crippen LogP contribution in [0.2, 0.25) is 0 Å². The molecule has 1 aromatic heterocycles. The van der Waals surface area contributed by atoms with Gasteiger partial charge in [-0.1, -0.05) is 25.1 Å². The number of benzene rings is 2. The van der Waals surface area contributed by atoms with E-state index >= 15 is 0 Å². The molecule has 6 nitrogen and oxygen atoms in total. The molecule has 0 radical (unpaired) electrons. The van der Waals surface area contributed by atoms with Gasteiger partial charge < -0.3 is 15.4 Å². The molecule has 1 fully saturated rings. The highest BCUT2D eigenvalue weighted by molar-refractivity contribution is 6.05. The Morgan fingerprint density at radius 1 is 1.00 bits per heavy atom. The van der Waals surface area contributed by atoms with Gasteiger partial charge in [-0.3, -0.25) is 14.6 Å². The summed E-state index contributed by atoms with van der Waals surface area (Å²) in [6, 6.07) is 19.8. The number of nitrogens with one attached hydrogen (secondary N) is 2. The van der Waals surface area contributed by atoms with Crippen LogP contribution in [-0.4, -0.2) is 16.8 Å². The van der Waals surface area contributed by atoms with Crippen molar-refractivity contribution >= 4 is 23.2 Å². The highest BCUT2D eigenvalue weighted by Crippen LogP contribution is 2.38. The molecule has 1 aliphatic rings. The second-order valence-electron chi connectivity index (χ2n) is 7.48. The van der Waals surface area contributed by atoms with Crippen molar-refractivity contribution in [2.24, 2.45) is 11.8 Å². The van der Waals surface area contributed by atoms with Gasteiger partial charge in [-0.15, -0.1) is 0 Å². The maximum Gasteiger partial charge on any atom is 0.255 e. The maximum atomic E-state index is 12.7. The zero-order valence-electron chi connectivity index (χ0n) is 16.7. The summed E-state index contributed by atoms with van der Waals surface area (Å²) in [6.07, 6.45) is 2.64. The molecule has 0 saturated heterocycles. The summed E-state index contributed by atoms with van der Waals surface area (Å²) in [5, 5.41) is 5.76. The quantitative estimate of drug-likeness (QED) is 0.611. The lowest BCUT2D eigenvalue weighted by Gasteiger charge is -2.10. The normalized spacial score (nSPS) is 17.1. The summed E-state index contributed by atoms with van der Waals surface area (Å²) in [6.45, 7) is 2.40. The Kier molecular flexibility index (Phi) is 5.75. The molecule has 1 heterocycles. The topological polar surface area (TPSA) is 80.3 Å². The van der Waals surface area contributed by atoms with Crippen LogP contribution in [0, 0.1) is 11.8 Å². The first-order valence-electron chi connectivity index (χ1n) is 9.93. The summed E-state index contributed by atoms with van der Waals surface area (Å²) in [5.74, 6) is 0.906. The fourth-order valence-corrected chi connectivity index (χ4v) is 3.17. The third-order valence-electron chi connectivity index (χ3n) is 5.04. The van der Waals surface area contributed by atoms with Crippen LogP contribution in [0.3, 0.4) is 0 Å².